The van der Waals surface area contributed by atoms with E-state index < -0.39 is 11.6 Å². The molecule has 1 rings (SSSR count). The molecular weight excluding hydrogens is 194 g/mol. The zero-order valence-corrected chi connectivity index (χ0v) is 9.15. The van der Waals surface area contributed by atoms with Crippen molar-refractivity contribution in [3.05, 3.63) is 0 Å². The lowest BCUT2D eigenvalue weighted by Crippen LogP contribution is -2.59. The van der Waals surface area contributed by atoms with E-state index in [4.69, 9.17) is 16.9 Å². The van der Waals surface area contributed by atoms with Crippen LogP contribution in [0.1, 0.15) is 13.8 Å². The molecule has 0 aromatic heterocycles. The van der Waals surface area contributed by atoms with E-state index in [0.717, 1.165) is 0 Å². The minimum absolute atomic E-state index is 0.174. The van der Waals surface area contributed by atoms with Crippen molar-refractivity contribution >= 4 is 11.9 Å². The minimum Gasteiger partial charge on any atom is -0.385 e. The van der Waals surface area contributed by atoms with Crippen LogP contribution in [0, 0.1) is 12.3 Å². The number of hydrogen-bond acceptors (Lipinski definition) is 3. The summed E-state index contributed by atoms with van der Waals surface area (Å²) < 4.78 is 5.21. The van der Waals surface area contributed by atoms with Gasteiger partial charge in [-0.25, -0.2) is 4.79 Å². The highest BCUT2D eigenvalue weighted by molar-refractivity contribution is 6.06. The van der Waals surface area contributed by atoms with Crippen molar-refractivity contribution in [1.29, 1.82) is 0 Å². The van der Waals surface area contributed by atoms with Crippen molar-refractivity contribution < 1.29 is 9.53 Å². The molecule has 0 fully saturated rings. The zero-order chi connectivity index (χ0) is 11.6. The third kappa shape index (κ3) is 1.57. The van der Waals surface area contributed by atoms with Gasteiger partial charge in [0.2, 0.25) is 0 Å². The van der Waals surface area contributed by atoms with Crippen LogP contribution >= 0.6 is 0 Å². The van der Waals surface area contributed by atoms with Crippen LogP contribution in [0.5, 0.6) is 0 Å². The third-order valence-electron chi connectivity index (χ3n) is 2.92. The molecule has 5 heteroatoms. The van der Waals surface area contributed by atoms with Crippen LogP contribution in [-0.4, -0.2) is 42.1 Å². The first-order valence-electron chi connectivity index (χ1n) is 4.61. The summed E-state index contributed by atoms with van der Waals surface area (Å²) in [5.74, 6) is 2.66. The van der Waals surface area contributed by atoms with Gasteiger partial charge in [0.15, 0.2) is 0 Å². The monoisotopic (exact) mass is 209 g/mol. The smallest absolute Gasteiger partial charge is 0.347 e. The van der Waals surface area contributed by atoms with Gasteiger partial charge in [-0.1, -0.05) is 5.92 Å². The Morgan fingerprint density at radius 3 is 2.87 bits per heavy atom. The lowest BCUT2D eigenvalue weighted by atomic mass is 9.93. The van der Waals surface area contributed by atoms with E-state index in [2.05, 4.69) is 10.9 Å². The number of amidine groups is 1. The maximum absolute atomic E-state index is 11.5. The molecule has 1 heterocycles. The quantitative estimate of drug-likeness (QED) is 0.675. The molecule has 0 aromatic carbocycles. The van der Waals surface area contributed by atoms with Crippen LogP contribution in [-0.2, 0) is 4.74 Å². The molecule has 0 saturated carbocycles. The van der Waals surface area contributed by atoms with Crippen molar-refractivity contribution in [2.75, 3.05) is 13.7 Å². The highest BCUT2D eigenvalue weighted by Crippen LogP contribution is 2.27. The molecule has 2 N–H and O–H groups in total. The first-order chi connectivity index (χ1) is 6.98. The Bertz CT molecular complexity index is 345. The predicted molar refractivity (Wildman–Crippen MR) is 57.4 cm³/mol. The lowest BCUT2D eigenvalue weighted by molar-refractivity contribution is 0.0302. The number of rotatable bonds is 3. The summed E-state index contributed by atoms with van der Waals surface area (Å²) in [6, 6.07) is -0.406. The topological polar surface area (TPSA) is 67.9 Å². The molecule has 0 bridgehead atoms. The number of ether oxygens (including phenoxy) is 1. The number of carbonyl (C=O) groups is 1. The van der Waals surface area contributed by atoms with Crippen LogP contribution in [0.15, 0.2) is 4.99 Å². The number of urea groups is 1. The molecular formula is C10H15N3O2. The molecule has 2 amide bonds. The number of amides is 2. The molecule has 5 nitrogen and oxygen atoms in total. The Morgan fingerprint density at radius 2 is 2.40 bits per heavy atom. The average Bonchev–Trinajstić information content (AvgIpc) is 2.42. The number of nitrogens with zero attached hydrogens (tertiary/aromatic N) is 2. The standard InChI is InChI=1S/C10H15N3O2/c1-5-6-13-9(14)12-8(11)10(13,3)7(2)15-4/h1,7H,6H2,2-4H3,(H2,11,12,14). The molecule has 0 saturated heterocycles. The maximum Gasteiger partial charge on any atom is 0.347 e. The molecule has 0 spiro atoms. The zero-order valence-electron chi connectivity index (χ0n) is 9.15. The fraction of sp³-hybridized carbons (Fsp3) is 0.600. The van der Waals surface area contributed by atoms with Crippen molar-refractivity contribution in [1.82, 2.24) is 4.90 Å². The van der Waals surface area contributed by atoms with Gasteiger partial charge in [-0.15, -0.1) is 6.42 Å². The SMILES string of the molecule is C#CCN1C(=O)N=C(N)C1(C)C(C)OC. The van der Waals surface area contributed by atoms with E-state index in [1.807, 2.05) is 6.92 Å². The molecule has 15 heavy (non-hydrogen) atoms. The molecule has 2 atom stereocenters. The summed E-state index contributed by atoms with van der Waals surface area (Å²) in [7, 11) is 1.56. The van der Waals surface area contributed by atoms with E-state index in [9.17, 15) is 4.79 Å². The highest BCUT2D eigenvalue weighted by atomic mass is 16.5. The van der Waals surface area contributed by atoms with Crippen LogP contribution in [0.25, 0.3) is 0 Å². The average molecular weight is 209 g/mol. The van der Waals surface area contributed by atoms with Crippen LogP contribution in [0.4, 0.5) is 4.79 Å². The maximum atomic E-state index is 11.5. The van der Waals surface area contributed by atoms with E-state index in [1.165, 1.54) is 4.90 Å². The van der Waals surface area contributed by atoms with Gasteiger partial charge in [-0.3, -0.25) is 4.90 Å². The molecule has 82 valence electrons. The molecule has 0 radical (unpaired) electrons. The molecule has 2 unspecified atom stereocenters. The first-order valence-corrected chi connectivity index (χ1v) is 4.61. The summed E-state index contributed by atoms with van der Waals surface area (Å²) in [6.07, 6.45) is 4.94. The fourth-order valence-electron chi connectivity index (χ4n) is 1.59. The molecule has 1 aliphatic heterocycles. The Labute approximate surface area is 89.3 Å². The Balaban J connectivity index is 3.08. The lowest BCUT2D eigenvalue weighted by Gasteiger charge is -2.37. The highest BCUT2D eigenvalue weighted by Gasteiger charge is 2.48. The minimum atomic E-state index is -0.752. The van der Waals surface area contributed by atoms with Crippen molar-refractivity contribution in [2.24, 2.45) is 10.7 Å². The summed E-state index contributed by atoms with van der Waals surface area (Å²) in [5.41, 5.74) is 4.99. The van der Waals surface area contributed by atoms with E-state index in [1.54, 1.807) is 14.0 Å². The second kappa shape index (κ2) is 3.91. The van der Waals surface area contributed by atoms with Gasteiger partial charge in [0.25, 0.3) is 0 Å². The van der Waals surface area contributed by atoms with E-state index in [0.29, 0.717) is 0 Å². The summed E-state index contributed by atoms with van der Waals surface area (Å²) in [6.45, 7) is 3.79. The number of terminal acetylenes is 1. The van der Waals surface area contributed by atoms with Gasteiger partial charge in [0.05, 0.1) is 12.6 Å². The second-order valence-corrected chi connectivity index (χ2v) is 3.60. The van der Waals surface area contributed by atoms with Gasteiger partial charge in [0, 0.05) is 7.11 Å². The Hall–Kier alpha value is -1.54. The normalized spacial score (nSPS) is 27.5. The van der Waals surface area contributed by atoms with Gasteiger partial charge in [0.1, 0.15) is 11.4 Å². The van der Waals surface area contributed by atoms with Gasteiger partial charge in [-0.2, -0.15) is 4.99 Å². The first kappa shape index (κ1) is 11.5. The third-order valence-corrected chi connectivity index (χ3v) is 2.92. The molecule has 1 aliphatic rings. The van der Waals surface area contributed by atoms with Crippen LogP contribution < -0.4 is 5.73 Å². The number of nitrogens with two attached hydrogens (primary N) is 1. The summed E-state index contributed by atoms with van der Waals surface area (Å²) in [5, 5.41) is 0. The number of hydrogen-bond donors (Lipinski definition) is 1. The van der Waals surface area contributed by atoms with Crippen molar-refractivity contribution in [3.63, 3.8) is 0 Å². The molecule has 0 aromatic rings. The van der Waals surface area contributed by atoms with E-state index >= 15 is 0 Å². The van der Waals surface area contributed by atoms with Gasteiger partial charge >= 0.3 is 6.03 Å². The van der Waals surface area contributed by atoms with Crippen molar-refractivity contribution in [2.45, 2.75) is 25.5 Å². The number of aliphatic imine (C=N–C) groups is 1. The summed E-state index contributed by atoms with van der Waals surface area (Å²) in [4.78, 5) is 16.7. The van der Waals surface area contributed by atoms with Gasteiger partial charge in [-0.05, 0) is 13.8 Å². The number of carbonyl (C=O) groups excluding carboxylic acids is 1. The van der Waals surface area contributed by atoms with Crippen molar-refractivity contribution in [3.8, 4) is 12.3 Å². The van der Waals surface area contributed by atoms with Crippen LogP contribution in [0.2, 0.25) is 0 Å². The summed E-state index contributed by atoms with van der Waals surface area (Å²) >= 11 is 0. The number of methoxy groups -OCH3 is 1. The Morgan fingerprint density at radius 1 is 1.80 bits per heavy atom. The predicted octanol–water partition coefficient (Wildman–Crippen LogP) is 0.206. The van der Waals surface area contributed by atoms with Gasteiger partial charge < -0.3 is 10.5 Å². The fourth-order valence-corrected chi connectivity index (χ4v) is 1.59. The second-order valence-electron chi connectivity index (χ2n) is 3.60. The largest absolute Gasteiger partial charge is 0.385 e. The molecule has 0 aliphatic carbocycles. The van der Waals surface area contributed by atoms with Crippen LogP contribution in [0.3, 0.4) is 0 Å². The Kier molecular flexibility index (Phi) is 3.01. The van der Waals surface area contributed by atoms with E-state index in [-0.39, 0.29) is 18.5 Å².